The van der Waals surface area contributed by atoms with E-state index < -0.39 is 29.0 Å². The molecule has 0 saturated carbocycles. The fourth-order valence-electron chi connectivity index (χ4n) is 3.33. The Kier molecular flexibility index (Phi) is 4.32. The Labute approximate surface area is 143 Å². The highest BCUT2D eigenvalue weighted by molar-refractivity contribution is 5.96. The Hall–Kier alpha value is -2.71. The molecule has 1 amide bonds. The number of halogens is 1. The number of alkyl halides is 1. The number of carboxylic acid groups (broad SMARTS) is 1. The Morgan fingerprint density at radius 1 is 1.24 bits per heavy atom. The van der Waals surface area contributed by atoms with Gasteiger partial charge in [0.1, 0.15) is 5.69 Å². The third kappa shape index (κ3) is 3.13. The molecule has 1 unspecified atom stereocenters. The molecule has 2 aliphatic rings. The molecule has 1 N–H and O–H groups in total. The van der Waals surface area contributed by atoms with E-state index in [1.54, 1.807) is 0 Å². The van der Waals surface area contributed by atoms with Gasteiger partial charge in [-0.15, -0.1) is 0 Å². The van der Waals surface area contributed by atoms with Crippen LogP contribution in [0.4, 0.5) is 15.8 Å². The van der Waals surface area contributed by atoms with E-state index in [2.05, 4.69) is 0 Å². The largest absolute Gasteiger partial charge is 0.479 e. The van der Waals surface area contributed by atoms with E-state index in [1.165, 1.54) is 18.2 Å². The van der Waals surface area contributed by atoms with Crippen LogP contribution in [0.25, 0.3) is 0 Å². The molecule has 0 aromatic heterocycles. The molecule has 2 fully saturated rings. The zero-order valence-corrected chi connectivity index (χ0v) is 13.5. The van der Waals surface area contributed by atoms with Crippen molar-refractivity contribution in [1.82, 2.24) is 4.90 Å². The number of aliphatic carboxylic acids is 1. The third-order valence-corrected chi connectivity index (χ3v) is 4.76. The van der Waals surface area contributed by atoms with E-state index in [0.717, 1.165) is 30.8 Å². The molecule has 2 aliphatic heterocycles. The summed E-state index contributed by atoms with van der Waals surface area (Å²) in [5, 5.41) is 20.3. The lowest BCUT2D eigenvalue weighted by atomic mass is 10.1. The van der Waals surface area contributed by atoms with Gasteiger partial charge in [0.2, 0.25) is 5.67 Å². The highest BCUT2D eigenvalue weighted by atomic mass is 19.1. The topological polar surface area (TPSA) is 104 Å². The van der Waals surface area contributed by atoms with E-state index in [1.807, 2.05) is 4.90 Å². The van der Waals surface area contributed by atoms with Crippen LogP contribution in [0.15, 0.2) is 18.2 Å². The van der Waals surface area contributed by atoms with Gasteiger partial charge in [0.05, 0.1) is 11.5 Å². The van der Waals surface area contributed by atoms with Crippen molar-refractivity contribution < 1.29 is 24.0 Å². The van der Waals surface area contributed by atoms with Gasteiger partial charge >= 0.3 is 5.97 Å². The average Bonchev–Trinajstić information content (AvgIpc) is 3.24. The van der Waals surface area contributed by atoms with Gasteiger partial charge in [0, 0.05) is 37.7 Å². The van der Waals surface area contributed by atoms with Gasteiger partial charge in [-0.25, -0.2) is 9.18 Å². The first-order valence-electron chi connectivity index (χ1n) is 8.07. The summed E-state index contributed by atoms with van der Waals surface area (Å²) < 4.78 is 14.1. The van der Waals surface area contributed by atoms with Crippen molar-refractivity contribution in [1.29, 1.82) is 0 Å². The first-order valence-corrected chi connectivity index (χ1v) is 8.07. The number of likely N-dealkylation sites (tertiary alicyclic amines) is 1. The van der Waals surface area contributed by atoms with E-state index in [4.69, 9.17) is 5.11 Å². The highest BCUT2D eigenvalue weighted by Crippen LogP contribution is 2.33. The molecule has 1 aromatic carbocycles. The molecule has 2 heterocycles. The van der Waals surface area contributed by atoms with Crippen LogP contribution in [0, 0.1) is 10.1 Å². The van der Waals surface area contributed by atoms with Crippen LogP contribution in [-0.4, -0.2) is 58.7 Å². The summed E-state index contributed by atoms with van der Waals surface area (Å²) in [7, 11) is 0. The fraction of sp³-hybridized carbons (Fsp3) is 0.500. The highest BCUT2D eigenvalue weighted by Gasteiger charge is 2.47. The van der Waals surface area contributed by atoms with E-state index in [0.29, 0.717) is 5.69 Å². The molecule has 2 saturated heterocycles. The predicted octanol–water partition coefficient (Wildman–Crippen LogP) is 1.83. The molecule has 0 aliphatic carbocycles. The van der Waals surface area contributed by atoms with Gasteiger partial charge in [-0.1, -0.05) is 0 Å². The SMILES string of the molecule is O=C(c1ccc(N2CCCC2)c([N+](=O)[O-])c1)N1CCC(F)(C(=O)O)C1. The fourth-order valence-corrected chi connectivity index (χ4v) is 3.33. The second-order valence-electron chi connectivity index (χ2n) is 6.40. The molecular weight excluding hydrogens is 333 g/mol. The molecular formula is C16H18FN3O5. The van der Waals surface area contributed by atoms with Crippen LogP contribution in [0.3, 0.4) is 0 Å². The van der Waals surface area contributed by atoms with Crippen molar-refractivity contribution in [2.24, 2.45) is 0 Å². The lowest BCUT2D eigenvalue weighted by Gasteiger charge is -2.20. The minimum Gasteiger partial charge on any atom is -0.479 e. The van der Waals surface area contributed by atoms with E-state index >= 15 is 0 Å². The van der Waals surface area contributed by atoms with Crippen molar-refractivity contribution in [3.05, 3.63) is 33.9 Å². The molecule has 134 valence electrons. The number of amides is 1. The number of benzene rings is 1. The van der Waals surface area contributed by atoms with Crippen LogP contribution in [0.1, 0.15) is 29.6 Å². The number of nitrogens with zero attached hydrogens (tertiary/aromatic N) is 3. The van der Waals surface area contributed by atoms with Gasteiger partial charge in [0.25, 0.3) is 11.6 Å². The monoisotopic (exact) mass is 351 g/mol. The molecule has 1 aromatic rings. The minimum absolute atomic E-state index is 0.0384. The Bertz CT molecular complexity index is 734. The number of hydrogen-bond acceptors (Lipinski definition) is 5. The van der Waals surface area contributed by atoms with Crippen molar-refractivity contribution >= 4 is 23.3 Å². The summed E-state index contributed by atoms with van der Waals surface area (Å²) in [5.74, 6) is -2.20. The van der Waals surface area contributed by atoms with Crippen molar-refractivity contribution in [3.63, 3.8) is 0 Å². The number of anilines is 1. The van der Waals surface area contributed by atoms with Crippen LogP contribution < -0.4 is 4.90 Å². The molecule has 0 radical (unpaired) electrons. The molecule has 3 rings (SSSR count). The summed E-state index contributed by atoms with van der Waals surface area (Å²) in [4.78, 5) is 37.3. The second-order valence-corrected chi connectivity index (χ2v) is 6.40. The molecule has 25 heavy (non-hydrogen) atoms. The van der Waals surface area contributed by atoms with E-state index in [9.17, 15) is 24.1 Å². The first kappa shape index (κ1) is 17.1. The second kappa shape index (κ2) is 6.30. The van der Waals surface area contributed by atoms with Gasteiger partial charge in [-0.05, 0) is 25.0 Å². The summed E-state index contributed by atoms with van der Waals surface area (Å²) in [6.45, 7) is 0.860. The summed E-state index contributed by atoms with van der Waals surface area (Å²) in [6.07, 6.45) is 1.63. The molecule has 0 spiro atoms. The Morgan fingerprint density at radius 2 is 1.92 bits per heavy atom. The van der Waals surface area contributed by atoms with Gasteiger partial charge in [0.15, 0.2) is 0 Å². The minimum atomic E-state index is -2.46. The van der Waals surface area contributed by atoms with Crippen molar-refractivity contribution in [3.8, 4) is 0 Å². The van der Waals surface area contributed by atoms with E-state index in [-0.39, 0.29) is 24.2 Å². The van der Waals surface area contributed by atoms with Gasteiger partial charge in [-0.3, -0.25) is 14.9 Å². The number of rotatable bonds is 4. The maximum atomic E-state index is 14.1. The summed E-state index contributed by atoms with van der Waals surface area (Å²) in [6, 6.07) is 4.20. The number of hydrogen-bond donors (Lipinski definition) is 1. The quantitative estimate of drug-likeness (QED) is 0.656. The van der Waals surface area contributed by atoms with Crippen molar-refractivity contribution in [2.75, 3.05) is 31.1 Å². The lowest BCUT2D eigenvalue weighted by molar-refractivity contribution is -0.384. The number of nitro groups is 1. The third-order valence-electron chi connectivity index (χ3n) is 4.76. The van der Waals surface area contributed by atoms with Crippen LogP contribution in [-0.2, 0) is 4.79 Å². The maximum Gasteiger partial charge on any atom is 0.343 e. The smallest absolute Gasteiger partial charge is 0.343 e. The average molecular weight is 351 g/mol. The summed E-state index contributed by atoms with van der Waals surface area (Å²) in [5.41, 5.74) is -2.11. The maximum absolute atomic E-state index is 14.1. The molecule has 8 nitrogen and oxygen atoms in total. The van der Waals surface area contributed by atoms with Crippen LogP contribution in [0.5, 0.6) is 0 Å². The summed E-state index contributed by atoms with van der Waals surface area (Å²) >= 11 is 0. The zero-order valence-electron chi connectivity index (χ0n) is 13.5. The van der Waals surface area contributed by atoms with Gasteiger partial charge in [-0.2, -0.15) is 0 Å². The number of carbonyl (C=O) groups excluding carboxylic acids is 1. The van der Waals surface area contributed by atoms with Gasteiger partial charge < -0.3 is 14.9 Å². The number of carboxylic acids is 1. The zero-order chi connectivity index (χ0) is 18.2. The Balaban J connectivity index is 1.85. The molecule has 0 bridgehead atoms. The normalized spacial score (nSPS) is 23.1. The predicted molar refractivity (Wildman–Crippen MR) is 86.5 cm³/mol. The molecule has 9 heteroatoms. The van der Waals surface area contributed by atoms with Crippen molar-refractivity contribution in [2.45, 2.75) is 24.9 Å². The van der Waals surface area contributed by atoms with Crippen LogP contribution in [0.2, 0.25) is 0 Å². The van der Waals surface area contributed by atoms with Crippen LogP contribution >= 0.6 is 0 Å². The Morgan fingerprint density at radius 3 is 2.48 bits per heavy atom. The lowest BCUT2D eigenvalue weighted by Crippen LogP contribution is -2.38. The first-order chi connectivity index (χ1) is 11.8. The standard InChI is InChI=1S/C16H18FN3O5/c17-16(15(22)23)5-8-19(10-16)14(21)11-3-4-12(13(9-11)20(24)25)18-6-1-2-7-18/h3-4,9H,1-2,5-8,10H2,(H,22,23). The number of nitro benzene ring substituents is 1. The number of carbonyl (C=O) groups is 2. The molecule has 1 atom stereocenters.